The minimum atomic E-state index is -0.509. The second kappa shape index (κ2) is 9.76. The first-order valence-electron chi connectivity index (χ1n) is 9.73. The molecular weight excluding hydrogens is 406 g/mol. The number of carbonyl (C=O) groups excluding carboxylic acids is 3. The summed E-state index contributed by atoms with van der Waals surface area (Å²) in [6.07, 6.45) is 0.952. The molecule has 1 unspecified atom stereocenters. The predicted octanol–water partition coefficient (Wildman–Crippen LogP) is 3.48. The first kappa shape index (κ1) is 21.8. The van der Waals surface area contributed by atoms with E-state index in [1.807, 2.05) is 6.07 Å². The summed E-state index contributed by atoms with van der Waals surface area (Å²) in [6.45, 7) is -0.198. The first-order valence-corrected chi connectivity index (χ1v) is 10.1. The van der Waals surface area contributed by atoms with Gasteiger partial charge < -0.3 is 9.47 Å². The molecule has 0 saturated carbocycles. The summed E-state index contributed by atoms with van der Waals surface area (Å²) < 4.78 is 10.7. The average molecular weight is 430 g/mol. The van der Waals surface area contributed by atoms with Crippen LogP contribution < -0.4 is 9.47 Å². The summed E-state index contributed by atoms with van der Waals surface area (Å²) in [7, 11) is 3.08. The number of hydrogen-bond acceptors (Lipinski definition) is 5. The molecule has 1 saturated heterocycles. The van der Waals surface area contributed by atoms with Crippen molar-refractivity contribution < 1.29 is 23.9 Å². The van der Waals surface area contributed by atoms with Crippen molar-refractivity contribution in [2.24, 2.45) is 5.92 Å². The van der Waals surface area contributed by atoms with E-state index in [1.165, 1.54) is 7.11 Å². The van der Waals surface area contributed by atoms with Crippen molar-refractivity contribution in [3.63, 3.8) is 0 Å². The van der Waals surface area contributed by atoms with E-state index in [1.54, 1.807) is 43.5 Å². The molecule has 0 spiro atoms. The zero-order chi connectivity index (χ0) is 21.7. The number of hydrogen-bond donors (Lipinski definition) is 0. The number of methoxy groups -OCH3 is 2. The number of benzene rings is 2. The van der Waals surface area contributed by atoms with Crippen molar-refractivity contribution in [3.05, 3.63) is 58.6 Å². The second-order valence-electron chi connectivity index (χ2n) is 7.24. The Hall–Kier alpha value is -2.86. The van der Waals surface area contributed by atoms with Crippen LogP contribution in [0.15, 0.2) is 42.5 Å². The van der Waals surface area contributed by atoms with Crippen LogP contribution in [-0.2, 0) is 27.2 Å². The highest BCUT2D eigenvalue weighted by Gasteiger charge is 2.34. The highest BCUT2D eigenvalue weighted by molar-refractivity contribution is 6.30. The number of Topliss-reactive ketones (excluding diaryl/α,β-unsaturated/α-hetero) is 1. The van der Waals surface area contributed by atoms with Gasteiger partial charge >= 0.3 is 0 Å². The fourth-order valence-electron chi connectivity index (χ4n) is 3.69. The van der Waals surface area contributed by atoms with E-state index >= 15 is 0 Å². The Bertz CT molecular complexity index is 958. The van der Waals surface area contributed by atoms with Crippen molar-refractivity contribution in [3.8, 4) is 11.5 Å². The number of rotatable bonds is 6. The molecule has 1 aliphatic heterocycles. The quantitative estimate of drug-likeness (QED) is 0.703. The molecule has 6 nitrogen and oxygen atoms in total. The zero-order valence-electron chi connectivity index (χ0n) is 17.0. The fourth-order valence-corrected chi connectivity index (χ4v) is 3.89. The minimum absolute atomic E-state index is 0.0176. The SMILES string of the molecule is COc1ccccc1CC(=O)N1CC(=O)CCC(Cc2cc(Cl)ccc2OC)C1=O. The van der Waals surface area contributed by atoms with Crippen LogP contribution in [0.25, 0.3) is 0 Å². The Balaban J connectivity index is 1.83. The first-order chi connectivity index (χ1) is 14.4. The molecule has 0 N–H and O–H groups in total. The molecule has 1 aliphatic rings. The summed E-state index contributed by atoms with van der Waals surface area (Å²) in [5.74, 6) is -0.206. The number of ether oxygens (including phenoxy) is 2. The van der Waals surface area contributed by atoms with Crippen LogP contribution in [0, 0.1) is 5.92 Å². The van der Waals surface area contributed by atoms with Crippen molar-refractivity contribution in [2.45, 2.75) is 25.7 Å². The van der Waals surface area contributed by atoms with E-state index in [-0.39, 0.29) is 31.1 Å². The van der Waals surface area contributed by atoms with E-state index in [0.29, 0.717) is 34.9 Å². The van der Waals surface area contributed by atoms with Crippen LogP contribution in [0.3, 0.4) is 0 Å². The van der Waals surface area contributed by atoms with Gasteiger partial charge in [0.25, 0.3) is 0 Å². The van der Waals surface area contributed by atoms with E-state index in [4.69, 9.17) is 21.1 Å². The average Bonchev–Trinajstić information content (AvgIpc) is 2.88. The van der Waals surface area contributed by atoms with Crippen molar-refractivity contribution >= 4 is 29.2 Å². The van der Waals surface area contributed by atoms with Gasteiger partial charge in [0.1, 0.15) is 11.5 Å². The Labute approximate surface area is 180 Å². The number of amides is 2. The minimum Gasteiger partial charge on any atom is -0.496 e. The highest BCUT2D eigenvalue weighted by atomic mass is 35.5. The standard InChI is InChI=1S/C23H24ClNO5/c1-29-20-6-4-3-5-15(20)13-22(27)25-14-19(26)9-7-16(23(25)28)11-17-12-18(24)8-10-21(17)30-2/h3-6,8,10,12,16H,7,9,11,13-14H2,1-2H3. The monoisotopic (exact) mass is 429 g/mol. The molecule has 0 bridgehead atoms. The third kappa shape index (κ3) is 5.00. The molecular formula is C23H24ClNO5. The van der Waals surface area contributed by atoms with Crippen LogP contribution in [0.4, 0.5) is 0 Å². The third-order valence-electron chi connectivity index (χ3n) is 5.27. The van der Waals surface area contributed by atoms with Gasteiger partial charge in [0.15, 0.2) is 5.78 Å². The Morgan fingerprint density at radius 2 is 1.77 bits per heavy atom. The summed E-state index contributed by atoms with van der Waals surface area (Å²) in [4.78, 5) is 39.5. The number of likely N-dealkylation sites (tertiary alicyclic amines) is 1. The number of halogens is 1. The van der Waals surface area contributed by atoms with Gasteiger partial charge in [-0.2, -0.15) is 0 Å². The molecule has 7 heteroatoms. The second-order valence-corrected chi connectivity index (χ2v) is 7.68. The molecule has 0 aliphatic carbocycles. The molecule has 1 fully saturated rings. The van der Waals surface area contributed by atoms with Gasteiger partial charge in [-0.1, -0.05) is 29.8 Å². The van der Waals surface area contributed by atoms with Gasteiger partial charge in [-0.25, -0.2) is 0 Å². The number of nitrogens with zero attached hydrogens (tertiary/aromatic N) is 1. The summed E-state index contributed by atoms with van der Waals surface area (Å²) in [6, 6.07) is 12.3. The van der Waals surface area contributed by atoms with Crippen LogP contribution in [0.1, 0.15) is 24.0 Å². The molecule has 2 aromatic rings. The van der Waals surface area contributed by atoms with Gasteiger partial charge in [-0.3, -0.25) is 19.3 Å². The molecule has 2 amide bonds. The number of imide groups is 1. The smallest absolute Gasteiger partial charge is 0.234 e. The zero-order valence-corrected chi connectivity index (χ0v) is 17.8. The topological polar surface area (TPSA) is 72.9 Å². The van der Waals surface area contributed by atoms with E-state index in [2.05, 4.69) is 0 Å². The lowest BCUT2D eigenvalue weighted by atomic mass is 9.93. The number of ketones is 1. The lowest BCUT2D eigenvalue weighted by Crippen LogP contribution is -2.42. The lowest BCUT2D eigenvalue weighted by Gasteiger charge is -2.23. The van der Waals surface area contributed by atoms with Crippen molar-refractivity contribution in [1.82, 2.24) is 4.90 Å². The van der Waals surface area contributed by atoms with Crippen LogP contribution in [-0.4, -0.2) is 43.3 Å². The molecule has 0 radical (unpaired) electrons. The maximum absolute atomic E-state index is 13.2. The van der Waals surface area contributed by atoms with Crippen LogP contribution in [0.2, 0.25) is 5.02 Å². The Kier molecular flexibility index (Phi) is 7.11. The maximum atomic E-state index is 13.2. The molecule has 0 aromatic heterocycles. The van der Waals surface area contributed by atoms with Crippen LogP contribution >= 0.6 is 11.6 Å². The van der Waals surface area contributed by atoms with Gasteiger partial charge in [-0.05, 0) is 42.7 Å². The maximum Gasteiger partial charge on any atom is 0.234 e. The molecule has 30 heavy (non-hydrogen) atoms. The van der Waals surface area contributed by atoms with Gasteiger partial charge in [-0.15, -0.1) is 0 Å². The van der Waals surface area contributed by atoms with Gasteiger partial charge in [0.2, 0.25) is 11.8 Å². The number of para-hydroxylation sites is 1. The van der Waals surface area contributed by atoms with E-state index < -0.39 is 11.8 Å². The van der Waals surface area contributed by atoms with Crippen LogP contribution in [0.5, 0.6) is 11.5 Å². The molecule has 1 heterocycles. The molecule has 158 valence electrons. The molecule has 3 rings (SSSR count). The van der Waals surface area contributed by atoms with Gasteiger partial charge in [0, 0.05) is 22.9 Å². The Morgan fingerprint density at radius 3 is 2.50 bits per heavy atom. The summed E-state index contributed by atoms with van der Waals surface area (Å²) in [5, 5.41) is 0.534. The lowest BCUT2D eigenvalue weighted by molar-refractivity contribution is -0.148. The summed E-state index contributed by atoms with van der Waals surface area (Å²) >= 11 is 6.11. The Morgan fingerprint density at radius 1 is 1.07 bits per heavy atom. The van der Waals surface area contributed by atoms with Gasteiger partial charge in [0.05, 0.1) is 27.2 Å². The predicted molar refractivity (Wildman–Crippen MR) is 113 cm³/mol. The fraction of sp³-hybridized carbons (Fsp3) is 0.348. The summed E-state index contributed by atoms with van der Waals surface area (Å²) in [5.41, 5.74) is 1.44. The third-order valence-corrected chi connectivity index (χ3v) is 5.50. The molecule has 1 atom stereocenters. The molecule has 2 aromatic carbocycles. The van der Waals surface area contributed by atoms with E-state index in [9.17, 15) is 14.4 Å². The normalized spacial score (nSPS) is 16.9. The van der Waals surface area contributed by atoms with Crippen molar-refractivity contribution in [2.75, 3.05) is 20.8 Å². The largest absolute Gasteiger partial charge is 0.496 e. The van der Waals surface area contributed by atoms with Crippen molar-refractivity contribution in [1.29, 1.82) is 0 Å². The van der Waals surface area contributed by atoms with E-state index in [0.717, 1.165) is 10.5 Å². The highest BCUT2D eigenvalue weighted by Crippen LogP contribution is 2.29. The number of carbonyl (C=O) groups is 3.